The Kier molecular flexibility index (Phi) is 4.37. The zero-order valence-electron chi connectivity index (χ0n) is 12.9. The first kappa shape index (κ1) is 16.9. The highest BCUT2D eigenvalue weighted by molar-refractivity contribution is 7.92. The Morgan fingerprint density at radius 1 is 0.792 bits per heavy atom. The number of nitrogens with one attached hydrogen (secondary N) is 1. The number of aryl methyl sites for hydroxylation is 2. The molecule has 0 bridgehead atoms. The van der Waals surface area contributed by atoms with Crippen LogP contribution in [0.3, 0.4) is 0 Å². The van der Waals surface area contributed by atoms with Crippen LogP contribution in [0.1, 0.15) is 24.0 Å². The van der Waals surface area contributed by atoms with E-state index in [0.717, 1.165) is 31.2 Å². The molecule has 8 heteroatoms. The highest BCUT2D eigenvalue weighted by atomic mass is 32.2. The second-order valence-electron chi connectivity index (χ2n) is 5.81. The van der Waals surface area contributed by atoms with E-state index in [1.807, 2.05) is 6.07 Å². The van der Waals surface area contributed by atoms with Crippen LogP contribution in [0.15, 0.2) is 52.3 Å². The number of benzene rings is 2. The Balaban J connectivity index is 1.86. The fraction of sp³-hybridized carbons (Fsp3) is 0.250. The Labute approximate surface area is 141 Å². The van der Waals surface area contributed by atoms with Gasteiger partial charge in [-0.1, -0.05) is 6.07 Å². The molecule has 128 valence electrons. The number of hydrogen-bond donors (Lipinski definition) is 2. The summed E-state index contributed by atoms with van der Waals surface area (Å²) in [6.07, 6.45) is 4.08. The molecule has 1 aliphatic carbocycles. The van der Waals surface area contributed by atoms with Crippen molar-refractivity contribution in [2.45, 2.75) is 35.5 Å². The molecule has 6 nitrogen and oxygen atoms in total. The third kappa shape index (κ3) is 3.61. The molecule has 0 saturated heterocycles. The predicted molar refractivity (Wildman–Crippen MR) is 91.7 cm³/mol. The number of anilines is 1. The fourth-order valence-electron chi connectivity index (χ4n) is 2.80. The van der Waals surface area contributed by atoms with Gasteiger partial charge in [0.2, 0.25) is 10.0 Å². The number of rotatable bonds is 4. The highest BCUT2D eigenvalue weighted by Crippen LogP contribution is 2.25. The molecule has 24 heavy (non-hydrogen) atoms. The Hall–Kier alpha value is -1.90. The van der Waals surface area contributed by atoms with Crippen molar-refractivity contribution in [2.75, 3.05) is 4.72 Å². The van der Waals surface area contributed by atoms with Crippen molar-refractivity contribution < 1.29 is 16.8 Å². The van der Waals surface area contributed by atoms with Gasteiger partial charge in [-0.05, 0) is 73.2 Å². The zero-order valence-corrected chi connectivity index (χ0v) is 14.5. The second kappa shape index (κ2) is 6.19. The Bertz CT molecular complexity index is 966. The van der Waals surface area contributed by atoms with Gasteiger partial charge in [0.05, 0.1) is 9.79 Å². The van der Waals surface area contributed by atoms with Crippen molar-refractivity contribution in [3.05, 3.63) is 53.6 Å². The second-order valence-corrected chi connectivity index (χ2v) is 9.06. The summed E-state index contributed by atoms with van der Waals surface area (Å²) in [6, 6.07) is 10.5. The number of fused-ring (bicyclic) bond motifs is 1. The maximum atomic E-state index is 12.5. The van der Waals surface area contributed by atoms with Gasteiger partial charge < -0.3 is 0 Å². The summed E-state index contributed by atoms with van der Waals surface area (Å²) in [6.45, 7) is 0. The van der Waals surface area contributed by atoms with E-state index in [4.69, 9.17) is 5.14 Å². The summed E-state index contributed by atoms with van der Waals surface area (Å²) in [5.41, 5.74) is 2.56. The van der Waals surface area contributed by atoms with Gasteiger partial charge in [-0.15, -0.1) is 0 Å². The lowest BCUT2D eigenvalue weighted by Crippen LogP contribution is -2.15. The average Bonchev–Trinajstić information content (AvgIpc) is 2.53. The molecule has 0 amide bonds. The Morgan fingerprint density at radius 2 is 1.38 bits per heavy atom. The number of primary sulfonamides is 1. The van der Waals surface area contributed by atoms with Gasteiger partial charge in [-0.2, -0.15) is 0 Å². The summed E-state index contributed by atoms with van der Waals surface area (Å²) < 4.78 is 49.9. The van der Waals surface area contributed by atoms with Crippen LogP contribution in [-0.2, 0) is 32.9 Å². The van der Waals surface area contributed by atoms with Crippen molar-refractivity contribution >= 4 is 25.7 Å². The van der Waals surface area contributed by atoms with Gasteiger partial charge in [-0.25, -0.2) is 22.0 Å². The van der Waals surface area contributed by atoms with Crippen molar-refractivity contribution in [3.8, 4) is 0 Å². The van der Waals surface area contributed by atoms with Crippen LogP contribution in [0, 0.1) is 0 Å². The first-order valence-electron chi connectivity index (χ1n) is 7.53. The van der Waals surface area contributed by atoms with Crippen LogP contribution in [0.25, 0.3) is 0 Å². The molecule has 0 heterocycles. The monoisotopic (exact) mass is 366 g/mol. The van der Waals surface area contributed by atoms with Crippen molar-refractivity contribution in [3.63, 3.8) is 0 Å². The Morgan fingerprint density at radius 3 is 2.00 bits per heavy atom. The molecule has 0 aromatic heterocycles. The van der Waals surface area contributed by atoms with Crippen LogP contribution < -0.4 is 9.86 Å². The summed E-state index contributed by atoms with van der Waals surface area (Å²) in [4.78, 5) is 0.137. The van der Waals surface area contributed by atoms with Gasteiger partial charge in [-0.3, -0.25) is 4.72 Å². The lowest BCUT2D eigenvalue weighted by molar-refractivity contribution is 0.597. The molecule has 2 aromatic carbocycles. The van der Waals surface area contributed by atoms with E-state index in [0.29, 0.717) is 0 Å². The van der Waals surface area contributed by atoms with E-state index >= 15 is 0 Å². The van der Waals surface area contributed by atoms with E-state index in [1.54, 1.807) is 12.1 Å². The molecule has 0 spiro atoms. The molecule has 0 atom stereocenters. The van der Waals surface area contributed by atoms with Crippen LogP contribution in [0.4, 0.5) is 5.69 Å². The van der Waals surface area contributed by atoms with Crippen molar-refractivity contribution in [1.29, 1.82) is 0 Å². The van der Waals surface area contributed by atoms with Gasteiger partial charge in [0, 0.05) is 5.69 Å². The van der Waals surface area contributed by atoms with Crippen LogP contribution >= 0.6 is 0 Å². The minimum Gasteiger partial charge on any atom is -0.280 e. The number of hydrogen-bond acceptors (Lipinski definition) is 4. The first-order chi connectivity index (χ1) is 11.3. The van der Waals surface area contributed by atoms with Gasteiger partial charge in [0.1, 0.15) is 0 Å². The third-order valence-electron chi connectivity index (χ3n) is 4.07. The average molecular weight is 366 g/mol. The predicted octanol–water partition coefficient (Wildman–Crippen LogP) is 2.01. The molecule has 3 N–H and O–H groups in total. The van der Waals surface area contributed by atoms with Crippen LogP contribution in [-0.4, -0.2) is 16.8 Å². The van der Waals surface area contributed by atoms with E-state index in [-0.39, 0.29) is 15.5 Å². The SMILES string of the molecule is NS(=O)(=O)c1ccc(NS(=O)(=O)c2ccc3c(c2)CCCC3)cc1. The minimum absolute atomic E-state index is 0.0702. The van der Waals surface area contributed by atoms with E-state index in [1.165, 1.54) is 29.8 Å². The standard InChI is InChI=1S/C16H18N2O4S2/c17-23(19,20)15-9-6-14(7-10-15)18-24(21,22)16-8-5-12-3-1-2-4-13(12)11-16/h5-11,18H,1-4H2,(H2,17,19,20). The molecular weight excluding hydrogens is 348 g/mol. The van der Waals surface area contributed by atoms with Gasteiger partial charge in [0.25, 0.3) is 10.0 Å². The van der Waals surface area contributed by atoms with Crippen LogP contribution in [0.2, 0.25) is 0 Å². The molecule has 1 aliphatic rings. The molecular formula is C16H18N2O4S2. The van der Waals surface area contributed by atoms with Gasteiger partial charge in [0.15, 0.2) is 0 Å². The molecule has 3 rings (SSSR count). The summed E-state index contributed by atoms with van der Waals surface area (Å²) in [7, 11) is -7.53. The molecule has 0 unspecified atom stereocenters. The fourth-order valence-corrected chi connectivity index (χ4v) is 4.43. The molecule has 0 saturated carbocycles. The van der Waals surface area contributed by atoms with E-state index < -0.39 is 20.0 Å². The lowest BCUT2D eigenvalue weighted by Gasteiger charge is -2.17. The maximum absolute atomic E-state index is 12.5. The first-order valence-corrected chi connectivity index (χ1v) is 10.6. The molecule has 0 aliphatic heterocycles. The van der Waals surface area contributed by atoms with Crippen molar-refractivity contribution in [1.82, 2.24) is 0 Å². The zero-order chi connectivity index (χ0) is 17.4. The molecule has 0 fully saturated rings. The highest BCUT2D eigenvalue weighted by Gasteiger charge is 2.18. The summed E-state index contributed by atoms with van der Waals surface area (Å²) in [5, 5.41) is 5.02. The maximum Gasteiger partial charge on any atom is 0.261 e. The van der Waals surface area contributed by atoms with E-state index in [9.17, 15) is 16.8 Å². The summed E-state index contributed by atoms with van der Waals surface area (Å²) in [5.74, 6) is 0. The summed E-state index contributed by atoms with van der Waals surface area (Å²) >= 11 is 0. The lowest BCUT2D eigenvalue weighted by atomic mass is 9.92. The smallest absolute Gasteiger partial charge is 0.261 e. The van der Waals surface area contributed by atoms with E-state index in [2.05, 4.69) is 4.72 Å². The topological polar surface area (TPSA) is 106 Å². The molecule has 0 radical (unpaired) electrons. The minimum atomic E-state index is -3.80. The van der Waals surface area contributed by atoms with Crippen molar-refractivity contribution in [2.24, 2.45) is 5.14 Å². The molecule has 2 aromatic rings. The largest absolute Gasteiger partial charge is 0.280 e. The van der Waals surface area contributed by atoms with Crippen LogP contribution in [0.5, 0.6) is 0 Å². The number of sulfonamides is 2. The quantitative estimate of drug-likeness (QED) is 0.863. The third-order valence-corrected chi connectivity index (χ3v) is 6.37. The number of nitrogens with two attached hydrogens (primary N) is 1. The normalized spacial score (nSPS) is 14.9. The van der Waals surface area contributed by atoms with Gasteiger partial charge >= 0.3 is 0 Å².